The van der Waals surface area contributed by atoms with Gasteiger partial charge in [-0.2, -0.15) is 8.42 Å². The van der Waals surface area contributed by atoms with Crippen LogP contribution >= 0.6 is 11.3 Å². The van der Waals surface area contributed by atoms with Crippen molar-refractivity contribution in [3.8, 4) is 0 Å². The van der Waals surface area contributed by atoms with Crippen molar-refractivity contribution in [2.45, 2.75) is 23.8 Å². The summed E-state index contributed by atoms with van der Waals surface area (Å²) in [6.45, 7) is 0.735. The van der Waals surface area contributed by atoms with Gasteiger partial charge in [-0.05, 0) is 37.1 Å². The van der Waals surface area contributed by atoms with Crippen LogP contribution in [0.4, 0.5) is 0 Å². The van der Waals surface area contributed by atoms with Crippen LogP contribution in [-0.4, -0.2) is 55.1 Å². The summed E-state index contributed by atoms with van der Waals surface area (Å²) in [5.41, 5.74) is 1.49. The van der Waals surface area contributed by atoms with E-state index in [1.807, 2.05) is 29.2 Å². The Morgan fingerprint density at radius 1 is 1.20 bits per heavy atom. The van der Waals surface area contributed by atoms with Gasteiger partial charge in [-0.1, -0.05) is 24.3 Å². The number of aromatic nitrogens is 1. The van der Waals surface area contributed by atoms with E-state index in [1.54, 1.807) is 47.5 Å². The van der Waals surface area contributed by atoms with Gasteiger partial charge in [0.25, 0.3) is 10.0 Å². The molecule has 3 heterocycles. The molecule has 0 spiro atoms. The van der Waals surface area contributed by atoms with Crippen LogP contribution in [0.15, 0.2) is 57.8 Å². The summed E-state index contributed by atoms with van der Waals surface area (Å²) in [6, 6.07) is 14.7. The second-order valence-corrected chi connectivity index (χ2v) is 10.1. The first-order chi connectivity index (χ1) is 14.4. The predicted octanol–water partition coefficient (Wildman–Crippen LogP) is 3.04. The lowest BCUT2D eigenvalue weighted by atomic mass is 10.2. The van der Waals surface area contributed by atoms with Crippen LogP contribution in [0.1, 0.15) is 29.5 Å². The molecule has 0 aliphatic carbocycles. The molecule has 0 N–H and O–H groups in total. The van der Waals surface area contributed by atoms with Gasteiger partial charge in [0.15, 0.2) is 5.84 Å². The van der Waals surface area contributed by atoms with Gasteiger partial charge in [0.1, 0.15) is 9.90 Å². The van der Waals surface area contributed by atoms with E-state index in [-0.39, 0.29) is 23.4 Å². The number of thiazole rings is 1. The zero-order valence-corrected chi connectivity index (χ0v) is 18.0. The summed E-state index contributed by atoms with van der Waals surface area (Å²) in [5.74, 6) is 0.262. The Kier molecular flexibility index (Phi) is 4.59. The third-order valence-corrected chi connectivity index (χ3v) is 7.98. The van der Waals surface area contributed by atoms with Crippen molar-refractivity contribution in [1.29, 1.82) is 0 Å². The van der Waals surface area contributed by atoms with Gasteiger partial charge < -0.3 is 9.80 Å². The van der Waals surface area contributed by atoms with Gasteiger partial charge in [0.05, 0.1) is 22.8 Å². The third kappa shape index (κ3) is 3.18. The number of rotatable bonds is 3. The number of amidine groups is 1. The van der Waals surface area contributed by atoms with Crippen molar-refractivity contribution in [2.75, 3.05) is 20.1 Å². The second-order valence-electron chi connectivity index (χ2n) is 7.51. The molecule has 0 bridgehead atoms. The number of sulfonamides is 1. The summed E-state index contributed by atoms with van der Waals surface area (Å²) in [5, 5.41) is 0.954. The molecule has 0 radical (unpaired) electrons. The normalized spacial score (nSPS) is 19.7. The molecule has 3 aromatic rings. The molecule has 1 amide bonds. The average molecular weight is 441 g/mol. The van der Waals surface area contributed by atoms with E-state index < -0.39 is 10.0 Å². The molecule has 1 fully saturated rings. The Bertz CT molecular complexity index is 1250. The van der Waals surface area contributed by atoms with Crippen LogP contribution in [0, 0.1) is 0 Å². The molecule has 9 heteroatoms. The average Bonchev–Trinajstić information content (AvgIpc) is 3.43. The molecular weight excluding hydrogens is 420 g/mol. The molecule has 7 nitrogen and oxygen atoms in total. The Hall–Kier alpha value is -2.78. The maximum atomic E-state index is 13.1. The fraction of sp³-hybridized carbons (Fsp3) is 0.286. The SMILES string of the molecule is CN(CC(=O)N1CCCC1c1nc2ccccc2s1)C1=NS(=O)(=O)c2ccccc21. The highest BCUT2D eigenvalue weighted by Gasteiger charge is 2.35. The third-order valence-electron chi connectivity index (χ3n) is 5.52. The standard InChI is InChI=1S/C21H20N4O3S2/c1-24(20-14-7-2-5-11-18(14)30(27,28)23-20)13-19(26)25-12-6-9-16(25)21-22-15-8-3-4-10-17(15)29-21/h2-5,7-8,10-11,16H,6,9,12-13H2,1H3. The first-order valence-electron chi connectivity index (χ1n) is 9.74. The maximum Gasteiger partial charge on any atom is 0.285 e. The first kappa shape index (κ1) is 19.2. The lowest BCUT2D eigenvalue weighted by Crippen LogP contribution is -2.40. The number of nitrogens with zero attached hydrogens (tertiary/aromatic N) is 4. The van der Waals surface area contributed by atoms with E-state index in [4.69, 9.17) is 4.98 Å². The molecule has 30 heavy (non-hydrogen) atoms. The van der Waals surface area contributed by atoms with Crippen LogP contribution in [0.3, 0.4) is 0 Å². The van der Waals surface area contributed by atoms with Crippen molar-refractivity contribution in [1.82, 2.24) is 14.8 Å². The zero-order chi connectivity index (χ0) is 20.9. The molecule has 1 saturated heterocycles. The lowest BCUT2D eigenvalue weighted by Gasteiger charge is -2.26. The molecular formula is C21H20N4O3S2. The minimum absolute atomic E-state index is 0.0372. The molecule has 2 aliphatic heterocycles. The van der Waals surface area contributed by atoms with Gasteiger partial charge in [0, 0.05) is 19.2 Å². The molecule has 2 aromatic carbocycles. The first-order valence-corrected chi connectivity index (χ1v) is 12.0. The topological polar surface area (TPSA) is 82.9 Å². The van der Waals surface area contributed by atoms with E-state index in [1.165, 1.54) is 0 Å². The second kappa shape index (κ2) is 7.17. The summed E-state index contributed by atoms with van der Waals surface area (Å²) >= 11 is 1.63. The van der Waals surface area contributed by atoms with Crippen LogP contribution in [0.5, 0.6) is 0 Å². The van der Waals surface area contributed by atoms with Crippen LogP contribution in [0.2, 0.25) is 0 Å². The van der Waals surface area contributed by atoms with Crippen molar-refractivity contribution in [2.24, 2.45) is 4.40 Å². The number of hydrogen-bond donors (Lipinski definition) is 0. The highest BCUT2D eigenvalue weighted by Crippen LogP contribution is 2.36. The molecule has 154 valence electrons. The molecule has 2 aliphatic rings. The molecule has 0 saturated carbocycles. The number of para-hydroxylation sites is 1. The van der Waals surface area contributed by atoms with E-state index in [9.17, 15) is 13.2 Å². The van der Waals surface area contributed by atoms with Crippen molar-refractivity contribution in [3.63, 3.8) is 0 Å². The number of fused-ring (bicyclic) bond motifs is 2. The maximum absolute atomic E-state index is 13.1. The number of amides is 1. The summed E-state index contributed by atoms with van der Waals surface area (Å²) < 4.78 is 29.7. The number of carbonyl (C=O) groups excluding carboxylic acids is 1. The Labute approximate surface area is 178 Å². The predicted molar refractivity (Wildman–Crippen MR) is 116 cm³/mol. The van der Waals surface area contributed by atoms with E-state index in [0.717, 1.165) is 28.1 Å². The Morgan fingerprint density at radius 3 is 2.80 bits per heavy atom. The number of benzene rings is 2. The van der Waals surface area contributed by atoms with Gasteiger partial charge in [-0.25, -0.2) is 4.98 Å². The quantitative estimate of drug-likeness (QED) is 0.625. The summed E-state index contributed by atoms with van der Waals surface area (Å²) in [4.78, 5) is 21.6. The molecule has 1 unspecified atom stereocenters. The lowest BCUT2D eigenvalue weighted by molar-refractivity contribution is -0.132. The van der Waals surface area contributed by atoms with Gasteiger partial charge in [-0.3, -0.25) is 4.79 Å². The van der Waals surface area contributed by atoms with Crippen molar-refractivity contribution >= 4 is 43.3 Å². The van der Waals surface area contributed by atoms with E-state index >= 15 is 0 Å². The molecule has 1 aromatic heterocycles. The van der Waals surface area contributed by atoms with Crippen LogP contribution < -0.4 is 0 Å². The highest BCUT2D eigenvalue weighted by molar-refractivity contribution is 7.90. The number of hydrogen-bond acceptors (Lipinski definition) is 6. The van der Waals surface area contributed by atoms with E-state index in [2.05, 4.69) is 4.40 Å². The minimum Gasteiger partial charge on any atom is -0.349 e. The number of likely N-dealkylation sites (tertiary alicyclic amines) is 1. The zero-order valence-electron chi connectivity index (χ0n) is 16.4. The van der Waals surface area contributed by atoms with Gasteiger partial charge in [0.2, 0.25) is 5.91 Å². The summed E-state index contributed by atoms with van der Waals surface area (Å²) in [7, 11) is -2.00. The van der Waals surface area contributed by atoms with E-state index in [0.29, 0.717) is 17.9 Å². The van der Waals surface area contributed by atoms with Crippen LogP contribution in [-0.2, 0) is 14.8 Å². The molecule has 1 atom stereocenters. The van der Waals surface area contributed by atoms with Gasteiger partial charge in [-0.15, -0.1) is 15.7 Å². The summed E-state index contributed by atoms with van der Waals surface area (Å²) in [6.07, 6.45) is 1.81. The smallest absolute Gasteiger partial charge is 0.285 e. The Morgan fingerprint density at radius 2 is 1.97 bits per heavy atom. The number of likely N-dealkylation sites (N-methyl/N-ethyl adjacent to an activating group) is 1. The fourth-order valence-corrected chi connectivity index (χ4v) is 6.45. The number of carbonyl (C=O) groups is 1. The Balaban J connectivity index is 1.37. The van der Waals surface area contributed by atoms with Crippen LogP contribution in [0.25, 0.3) is 10.2 Å². The monoisotopic (exact) mass is 440 g/mol. The fourth-order valence-electron chi connectivity index (χ4n) is 4.09. The highest BCUT2D eigenvalue weighted by atomic mass is 32.2. The largest absolute Gasteiger partial charge is 0.349 e. The minimum atomic E-state index is -3.71. The van der Waals surface area contributed by atoms with Gasteiger partial charge >= 0.3 is 0 Å². The van der Waals surface area contributed by atoms with Crippen molar-refractivity contribution < 1.29 is 13.2 Å². The molecule has 5 rings (SSSR count). The van der Waals surface area contributed by atoms with Crippen molar-refractivity contribution in [3.05, 3.63) is 59.1 Å².